The number of hydrogen-bond donors (Lipinski definition) is 0. The van der Waals surface area contributed by atoms with Gasteiger partial charge in [-0.3, -0.25) is 4.90 Å². The molecule has 0 saturated heterocycles. The van der Waals surface area contributed by atoms with Crippen molar-refractivity contribution in [1.82, 2.24) is 14.3 Å². The van der Waals surface area contributed by atoms with Crippen LogP contribution in [0.5, 0.6) is 0 Å². The summed E-state index contributed by atoms with van der Waals surface area (Å²) < 4.78 is 15.9. The molecule has 0 fully saturated rings. The van der Waals surface area contributed by atoms with Crippen LogP contribution in [0, 0.1) is 5.82 Å². The Morgan fingerprint density at radius 1 is 1.19 bits per heavy atom. The second-order valence-corrected chi connectivity index (χ2v) is 5.97. The number of nitrogens with zero attached hydrogens (tertiary/aromatic N) is 3. The van der Waals surface area contributed by atoms with E-state index in [0.717, 1.165) is 34.5 Å². The van der Waals surface area contributed by atoms with Gasteiger partial charge in [-0.05, 0) is 52.8 Å². The standard InChI is InChI=1S/C16H15BrFN3/c1-20(9-12-4-6-13(18)7-5-12)10-14-11-21-8-2-3-15(17)16(21)19-14/h2-8,11H,9-10H2,1H3. The molecular weight excluding hydrogens is 333 g/mol. The molecule has 1 aromatic carbocycles. The molecule has 3 rings (SSSR count). The van der Waals surface area contributed by atoms with E-state index in [4.69, 9.17) is 0 Å². The Bertz CT molecular complexity index is 752. The maximum Gasteiger partial charge on any atom is 0.151 e. The van der Waals surface area contributed by atoms with Gasteiger partial charge in [-0.15, -0.1) is 0 Å². The zero-order valence-electron chi connectivity index (χ0n) is 11.6. The first-order valence-corrected chi connectivity index (χ1v) is 7.46. The topological polar surface area (TPSA) is 20.5 Å². The van der Waals surface area contributed by atoms with Gasteiger partial charge in [-0.1, -0.05) is 12.1 Å². The molecule has 21 heavy (non-hydrogen) atoms. The molecule has 108 valence electrons. The number of pyridine rings is 1. The van der Waals surface area contributed by atoms with Gasteiger partial charge in [-0.2, -0.15) is 0 Å². The molecule has 0 amide bonds. The van der Waals surface area contributed by atoms with Crippen molar-refractivity contribution in [2.45, 2.75) is 13.1 Å². The highest BCUT2D eigenvalue weighted by atomic mass is 79.9. The Morgan fingerprint density at radius 3 is 2.67 bits per heavy atom. The monoisotopic (exact) mass is 347 g/mol. The molecule has 0 atom stereocenters. The summed E-state index contributed by atoms with van der Waals surface area (Å²) in [6.07, 6.45) is 4.01. The average Bonchev–Trinajstić information content (AvgIpc) is 2.85. The van der Waals surface area contributed by atoms with Crippen molar-refractivity contribution in [3.8, 4) is 0 Å². The van der Waals surface area contributed by atoms with Gasteiger partial charge >= 0.3 is 0 Å². The molecule has 0 N–H and O–H groups in total. The van der Waals surface area contributed by atoms with E-state index in [2.05, 4.69) is 25.8 Å². The van der Waals surface area contributed by atoms with E-state index in [1.807, 2.05) is 48.1 Å². The van der Waals surface area contributed by atoms with E-state index in [0.29, 0.717) is 0 Å². The lowest BCUT2D eigenvalue weighted by molar-refractivity contribution is 0.315. The zero-order valence-corrected chi connectivity index (χ0v) is 13.2. The average molecular weight is 348 g/mol. The van der Waals surface area contributed by atoms with E-state index in [1.54, 1.807) is 0 Å². The molecule has 3 aromatic rings. The Balaban J connectivity index is 1.72. The highest BCUT2D eigenvalue weighted by molar-refractivity contribution is 9.10. The van der Waals surface area contributed by atoms with Gasteiger partial charge < -0.3 is 4.40 Å². The molecule has 0 spiro atoms. The first-order chi connectivity index (χ1) is 10.1. The van der Waals surface area contributed by atoms with Gasteiger partial charge in [0.25, 0.3) is 0 Å². The molecule has 0 aliphatic heterocycles. The molecule has 0 bridgehead atoms. The first kappa shape index (κ1) is 14.2. The summed E-state index contributed by atoms with van der Waals surface area (Å²) in [6, 6.07) is 10.6. The van der Waals surface area contributed by atoms with Crippen LogP contribution in [-0.2, 0) is 13.1 Å². The maximum absolute atomic E-state index is 12.9. The van der Waals surface area contributed by atoms with E-state index in [-0.39, 0.29) is 5.82 Å². The molecule has 2 aromatic heterocycles. The number of imidazole rings is 1. The van der Waals surface area contributed by atoms with Gasteiger partial charge in [0, 0.05) is 25.5 Å². The van der Waals surface area contributed by atoms with Crippen molar-refractivity contribution in [3.05, 3.63) is 70.3 Å². The van der Waals surface area contributed by atoms with Crippen molar-refractivity contribution < 1.29 is 4.39 Å². The molecule has 0 radical (unpaired) electrons. The number of hydrogen-bond acceptors (Lipinski definition) is 2. The van der Waals surface area contributed by atoms with E-state index >= 15 is 0 Å². The van der Waals surface area contributed by atoms with Crippen molar-refractivity contribution in [2.24, 2.45) is 0 Å². The predicted molar refractivity (Wildman–Crippen MR) is 84.5 cm³/mol. The Kier molecular flexibility index (Phi) is 4.03. The zero-order chi connectivity index (χ0) is 14.8. The van der Waals surface area contributed by atoms with Gasteiger partial charge in [0.2, 0.25) is 0 Å². The van der Waals surface area contributed by atoms with Crippen LogP contribution >= 0.6 is 15.9 Å². The summed E-state index contributed by atoms with van der Waals surface area (Å²) in [7, 11) is 2.03. The van der Waals surface area contributed by atoms with Crippen molar-refractivity contribution in [1.29, 1.82) is 0 Å². The quantitative estimate of drug-likeness (QED) is 0.714. The van der Waals surface area contributed by atoms with Gasteiger partial charge in [0.1, 0.15) is 5.82 Å². The summed E-state index contributed by atoms with van der Waals surface area (Å²) in [5.74, 6) is -0.202. The minimum Gasteiger partial charge on any atom is -0.306 e. The minimum atomic E-state index is -0.202. The fraction of sp³-hybridized carbons (Fsp3) is 0.188. The van der Waals surface area contributed by atoms with Crippen LogP contribution in [0.4, 0.5) is 4.39 Å². The Hall–Kier alpha value is -1.72. The number of aromatic nitrogens is 2. The minimum absolute atomic E-state index is 0.202. The van der Waals surface area contributed by atoms with Crippen molar-refractivity contribution in [3.63, 3.8) is 0 Å². The van der Waals surface area contributed by atoms with Crippen LogP contribution in [0.2, 0.25) is 0 Å². The summed E-state index contributed by atoms with van der Waals surface area (Å²) >= 11 is 3.50. The molecule has 3 nitrogen and oxygen atoms in total. The smallest absolute Gasteiger partial charge is 0.151 e. The Labute approximate surface area is 131 Å². The lowest BCUT2D eigenvalue weighted by atomic mass is 10.2. The number of fused-ring (bicyclic) bond motifs is 1. The van der Waals surface area contributed by atoms with Crippen LogP contribution in [-0.4, -0.2) is 21.3 Å². The summed E-state index contributed by atoms with van der Waals surface area (Å²) in [5.41, 5.74) is 3.01. The maximum atomic E-state index is 12.9. The van der Waals surface area contributed by atoms with Crippen LogP contribution in [0.25, 0.3) is 5.65 Å². The van der Waals surface area contributed by atoms with Crippen molar-refractivity contribution >= 4 is 21.6 Å². The lowest BCUT2D eigenvalue weighted by Crippen LogP contribution is -2.17. The van der Waals surface area contributed by atoms with Gasteiger partial charge in [0.05, 0.1) is 10.2 Å². The molecule has 0 aliphatic rings. The molecule has 0 unspecified atom stereocenters. The molecule has 5 heteroatoms. The number of benzene rings is 1. The highest BCUT2D eigenvalue weighted by Gasteiger charge is 2.07. The fourth-order valence-corrected chi connectivity index (χ4v) is 2.79. The number of halogens is 2. The predicted octanol–water partition coefficient (Wildman–Crippen LogP) is 3.87. The first-order valence-electron chi connectivity index (χ1n) is 6.67. The fourth-order valence-electron chi connectivity index (χ4n) is 2.34. The second kappa shape index (κ2) is 5.95. The third kappa shape index (κ3) is 3.31. The Morgan fingerprint density at radius 2 is 1.95 bits per heavy atom. The van der Waals surface area contributed by atoms with Gasteiger partial charge in [0.15, 0.2) is 5.65 Å². The molecular formula is C16H15BrFN3. The molecule has 0 saturated carbocycles. The summed E-state index contributed by atoms with van der Waals surface area (Å²) in [6.45, 7) is 1.50. The third-order valence-corrected chi connectivity index (χ3v) is 3.90. The number of rotatable bonds is 4. The van der Waals surface area contributed by atoms with E-state index in [1.165, 1.54) is 12.1 Å². The van der Waals surface area contributed by atoms with E-state index in [9.17, 15) is 4.39 Å². The van der Waals surface area contributed by atoms with Crippen LogP contribution in [0.3, 0.4) is 0 Å². The third-order valence-electron chi connectivity index (χ3n) is 3.28. The summed E-state index contributed by atoms with van der Waals surface area (Å²) in [5, 5.41) is 0. The van der Waals surface area contributed by atoms with Crippen molar-refractivity contribution in [2.75, 3.05) is 7.05 Å². The SMILES string of the molecule is CN(Cc1ccc(F)cc1)Cc1cn2cccc(Br)c2n1. The van der Waals surface area contributed by atoms with Crippen LogP contribution in [0.1, 0.15) is 11.3 Å². The summed E-state index contributed by atoms with van der Waals surface area (Å²) in [4.78, 5) is 6.78. The molecule has 0 aliphatic carbocycles. The highest BCUT2D eigenvalue weighted by Crippen LogP contribution is 2.18. The normalized spacial score (nSPS) is 11.4. The van der Waals surface area contributed by atoms with Gasteiger partial charge in [-0.25, -0.2) is 9.37 Å². The van der Waals surface area contributed by atoms with Crippen LogP contribution < -0.4 is 0 Å². The van der Waals surface area contributed by atoms with E-state index < -0.39 is 0 Å². The lowest BCUT2D eigenvalue weighted by Gasteiger charge is -2.15. The van der Waals surface area contributed by atoms with Crippen LogP contribution in [0.15, 0.2) is 53.3 Å². The molecule has 2 heterocycles. The largest absolute Gasteiger partial charge is 0.306 e. The second-order valence-electron chi connectivity index (χ2n) is 5.12.